The monoisotopic (exact) mass is 368 g/mol. The van der Waals surface area contributed by atoms with Crippen molar-refractivity contribution in [3.8, 4) is 0 Å². The number of anilines is 3. The number of fused-ring (bicyclic) bond motifs is 1. The van der Waals surface area contributed by atoms with Gasteiger partial charge in [0.25, 0.3) is 0 Å². The lowest BCUT2D eigenvalue weighted by atomic mass is 10.1. The van der Waals surface area contributed by atoms with Crippen LogP contribution in [0.1, 0.15) is 12.0 Å². The van der Waals surface area contributed by atoms with E-state index in [1.165, 1.54) is 6.07 Å². The van der Waals surface area contributed by atoms with E-state index in [1.54, 1.807) is 30.1 Å². The molecular weight excluding hydrogens is 347 g/mol. The number of amides is 3. The van der Waals surface area contributed by atoms with Gasteiger partial charge in [-0.25, -0.2) is 9.18 Å². The molecule has 2 aromatic carbocycles. The molecule has 0 radical (unpaired) electrons. The molecule has 0 aliphatic carbocycles. The van der Waals surface area contributed by atoms with Gasteiger partial charge in [0, 0.05) is 37.6 Å². The van der Waals surface area contributed by atoms with Crippen molar-refractivity contribution in [3.63, 3.8) is 0 Å². The van der Waals surface area contributed by atoms with E-state index in [0.29, 0.717) is 30.9 Å². The lowest BCUT2D eigenvalue weighted by Crippen LogP contribution is -2.39. The Kier molecular flexibility index (Phi) is 4.43. The summed E-state index contributed by atoms with van der Waals surface area (Å²) in [4.78, 5) is 27.6. The molecule has 0 spiro atoms. The molecule has 27 heavy (non-hydrogen) atoms. The zero-order chi connectivity index (χ0) is 19.0. The largest absolute Gasteiger partial charge is 0.367 e. The summed E-state index contributed by atoms with van der Waals surface area (Å²) in [5, 5.41) is 5.76. The van der Waals surface area contributed by atoms with E-state index in [-0.39, 0.29) is 23.8 Å². The molecule has 1 fully saturated rings. The minimum atomic E-state index is -0.298. The van der Waals surface area contributed by atoms with E-state index in [2.05, 4.69) is 10.6 Å². The predicted molar refractivity (Wildman–Crippen MR) is 103 cm³/mol. The minimum Gasteiger partial charge on any atom is -0.367 e. The maximum absolute atomic E-state index is 13.9. The highest BCUT2D eigenvalue weighted by atomic mass is 19.1. The SMILES string of the molecule is CN1C(=O)Cc2cc(NC(=O)NC3CCN(c4ccccc4F)C3)ccc21. The number of rotatable bonds is 3. The van der Waals surface area contributed by atoms with Crippen molar-refractivity contribution in [2.75, 3.05) is 35.3 Å². The Hall–Kier alpha value is -3.09. The minimum absolute atomic E-state index is 0.0470. The molecule has 140 valence electrons. The molecule has 0 aromatic heterocycles. The molecule has 2 N–H and O–H groups in total. The smallest absolute Gasteiger partial charge is 0.319 e. The fraction of sp³-hybridized carbons (Fsp3) is 0.300. The first-order valence-electron chi connectivity index (χ1n) is 8.98. The number of benzene rings is 2. The quantitative estimate of drug-likeness (QED) is 0.876. The van der Waals surface area contributed by atoms with Gasteiger partial charge in [0.2, 0.25) is 5.91 Å². The molecule has 2 aromatic rings. The van der Waals surface area contributed by atoms with Gasteiger partial charge in [-0.15, -0.1) is 0 Å². The molecule has 7 heteroatoms. The first-order valence-corrected chi connectivity index (χ1v) is 8.98. The van der Waals surface area contributed by atoms with E-state index in [9.17, 15) is 14.0 Å². The Morgan fingerprint density at radius 1 is 1.19 bits per heavy atom. The van der Waals surface area contributed by atoms with Crippen LogP contribution in [0.3, 0.4) is 0 Å². The second-order valence-corrected chi connectivity index (χ2v) is 6.95. The number of urea groups is 1. The van der Waals surface area contributed by atoms with Gasteiger partial charge in [0.15, 0.2) is 0 Å². The maximum atomic E-state index is 13.9. The third-order valence-corrected chi connectivity index (χ3v) is 5.13. The summed E-state index contributed by atoms with van der Waals surface area (Å²) in [6.45, 7) is 1.26. The van der Waals surface area contributed by atoms with Crippen molar-refractivity contribution in [2.24, 2.45) is 0 Å². The molecule has 2 aliphatic rings. The summed E-state index contributed by atoms with van der Waals surface area (Å²) in [7, 11) is 1.75. The molecule has 4 rings (SSSR count). The molecule has 1 saturated heterocycles. The van der Waals surface area contributed by atoms with E-state index >= 15 is 0 Å². The number of para-hydroxylation sites is 1. The highest BCUT2D eigenvalue weighted by molar-refractivity contribution is 6.01. The molecule has 2 aliphatic heterocycles. The first kappa shape index (κ1) is 17.3. The van der Waals surface area contributed by atoms with Gasteiger partial charge >= 0.3 is 6.03 Å². The molecule has 0 saturated carbocycles. The molecule has 1 unspecified atom stereocenters. The molecule has 0 bridgehead atoms. The number of halogens is 1. The summed E-state index contributed by atoms with van der Waals surface area (Å²) in [5.41, 5.74) is 3.00. The van der Waals surface area contributed by atoms with Crippen LogP contribution in [0.25, 0.3) is 0 Å². The topological polar surface area (TPSA) is 64.7 Å². The molecular formula is C20H21FN4O2. The van der Waals surface area contributed by atoms with Gasteiger partial charge in [-0.3, -0.25) is 4.79 Å². The summed E-state index contributed by atoms with van der Waals surface area (Å²) in [5.74, 6) is -0.203. The number of nitrogens with one attached hydrogen (secondary N) is 2. The molecule has 6 nitrogen and oxygen atoms in total. The fourth-order valence-electron chi connectivity index (χ4n) is 3.71. The van der Waals surface area contributed by atoms with Gasteiger partial charge in [0.05, 0.1) is 12.1 Å². The highest BCUT2D eigenvalue weighted by Crippen LogP contribution is 2.30. The van der Waals surface area contributed by atoms with Crippen LogP contribution in [-0.4, -0.2) is 38.1 Å². The molecule has 3 amide bonds. The van der Waals surface area contributed by atoms with E-state index in [0.717, 1.165) is 17.7 Å². The van der Waals surface area contributed by atoms with Crippen LogP contribution >= 0.6 is 0 Å². The zero-order valence-electron chi connectivity index (χ0n) is 15.0. The Bertz CT molecular complexity index is 901. The van der Waals surface area contributed by atoms with Crippen LogP contribution in [0.4, 0.5) is 26.2 Å². The highest BCUT2D eigenvalue weighted by Gasteiger charge is 2.26. The van der Waals surface area contributed by atoms with Crippen LogP contribution in [-0.2, 0) is 11.2 Å². The number of hydrogen-bond donors (Lipinski definition) is 2. The van der Waals surface area contributed by atoms with Crippen LogP contribution in [0.2, 0.25) is 0 Å². The maximum Gasteiger partial charge on any atom is 0.319 e. The lowest BCUT2D eigenvalue weighted by molar-refractivity contribution is -0.117. The predicted octanol–water partition coefficient (Wildman–Crippen LogP) is 2.75. The van der Waals surface area contributed by atoms with Gasteiger partial charge < -0.3 is 20.4 Å². The standard InChI is InChI=1S/C20H21FN4O2/c1-24-17-7-6-14(10-13(17)11-19(24)26)22-20(27)23-15-8-9-25(12-15)18-5-3-2-4-16(18)21/h2-7,10,15H,8-9,11-12H2,1H3,(H2,22,23,27). The Balaban J connectivity index is 1.35. The van der Waals surface area contributed by atoms with Crippen molar-refractivity contribution < 1.29 is 14.0 Å². The number of carbonyl (C=O) groups excluding carboxylic acids is 2. The van der Waals surface area contributed by atoms with E-state index in [1.807, 2.05) is 23.1 Å². The Morgan fingerprint density at radius 2 is 2.00 bits per heavy atom. The third kappa shape index (κ3) is 3.45. The summed E-state index contributed by atoms with van der Waals surface area (Å²) >= 11 is 0. The number of nitrogens with zero attached hydrogens (tertiary/aromatic N) is 2. The second kappa shape index (κ2) is 6.90. The zero-order valence-corrected chi connectivity index (χ0v) is 15.0. The first-order chi connectivity index (χ1) is 13.0. The van der Waals surface area contributed by atoms with E-state index in [4.69, 9.17) is 0 Å². The summed E-state index contributed by atoms with van der Waals surface area (Å²) < 4.78 is 13.9. The molecule has 1 atom stereocenters. The van der Waals surface area contributed by atoms with Gasteiger partial charge in [-0.1, -0.05) is 12.1 Å². The van der Waals surface area contributed by atoms with Gasteiger partial charge in [-0.2, -0.15) is 0 Å². The average Bonchev–Trinajstić information content (AvgIpc) is 3.20. The van der Waals surface area contributed by atoms with E-state index < -0.39 is 0 Å². The Labute approximate surface area is 157 Å². The normalized spacial score (nSPS) is 18.6. The van der Waals surface area contributed by atoms with Gasteiger partial charge in [0.1, 0.15) is 5.82 Å². The lowest BCUT2D eigenvalue weighted by Gasteiger charge is -2.19. The second-order valence-electron chi connectivity index (χ2n) is 6.95. The van der Waals surface area contributed by atoms with Crippen molar-refractivity contribution in [1.29, 1.82) is 0 Å². The third-order valence-electron chi connectivity index (χ3n) is 5.13. The van der Waals surface area contributed by atoms with Crippen molar-refractivity contribution in [3.05, 3.63) is 53.8 Å². The molecule has 2 heterocycles. The number of likely N-dealkylation sites (N-methyl/N-ethyl adjacent to an activating group) is 1. The average molecular weight is 368 g/mol. The Morgan fingerprint density at radius 3 is 2.81 bits per heavy atom. The summed E-state index contributed by atoms with van der Waals surface area (Å²) in [6.07, 6.45) is 1.11. The number of carbonyl (C=O) groups is 2. The number of hydrogen-bond acceptors (Lipinski definition) is 3. The van der Waals surface area contributed by atoms with Crippen LogP contribution in [0.15, 0.2) is 42.5 Å². The van der Waals surface area contributed by atoms with Crippen LogP contribution in [0.5, 0.6) is 0 Å². The van der Waals surface area contributed by atoms with Crippen molar-refractivity contribution in [1.82, 2.24) is 5.32 Å². The van der Waals surface area contributed by atoms with Crippen molar-refractivity contribution >= 4 is 29.0 Å². The fourth-order valence-corrected chi connectivity index (χ4v) is 3.71. The summed E-state index contributed by atoms with van der Waals surface area (Å²) in [6, 6.07) is 11.8. The van der Waals surface area contributed by atoms with Crippen molar-refractivity contribution in [2.45, 2.75) is 18.9 Å². The van der Waals surface area contributed by atoms with Crippen LogP contribution < -0.4 is 20.4 Å². The van der Waals surface area contributed by atoms with Crippen LogP contribution in [0, 0.1) is 5.82 Å². The van der Waals surface area contributed by atoms with Gasteiger partial charge in [-0.05, 0) is 42.3 Å².